The molecule has 4 aliphatic rings. The van der Waals surface area contributed by atoms with Gasteiger partial charge in [-0.15, -0.1) is 0 Å². The molecule has 4 rings (SSSR count). The predicted octanol–water partition coefficient (Wildman–Crippen LogP) is 3.49. The van der Waals surface area contributed by atoms with E-state index in [2.05, 4.69) is 19.9 Å². The van der Waals surface area contributed by atoms with E-state index in [-0.39, 0.29) is 16.6 Å². The number of carbonyl (C=O) groups excluding carboxylic acids is 1. The van der Waals surface area contributed by atoms with Gasteiger partial charge in [0.1, 0.15) is 0 Å². The zero-order valence-electron chi connectivity index (χ0n) is 15.3. The zero-order chi connectivity index (χ0) is 17.3. The second kappa shape index (κ2) is 5.41. The molecular formula is C21H32O3. The molecule has 3 nitrogen and oxygen atoms in total. The van der Waals surface area contributed by atoms with Crippen LogP contribution >= 0.6 is 0 Å². The molecule has 0 saturated heterocycles. The van der Waals surface area contributed by atoms with Crippen molar-refractivity contribution < 1.29 is 15.0 Å². The maximum atomic E-state index is 12.1. The lowest BCUT2D eigenvalue weighted by Crippen LogP contribution is -2.56. The lowest BCUT2D eigenvalue weighted by molar-refractivity contribution is -0.154. The van der Waals surface area contributed by atoms with Gasteiger partial charge in [0.25, 0.3) is 0 Å². The first-order valence-electron chi connectivity index (χ1n) is 9.85. The molecular weight excluding hydrogens is 300 g/mol. The van der Waals surface area contributed by atoms with E-state index < -0.39 is 12.2 Å². The van der Waals surface area contributed by atoms with Crippen LogP contribution in [0.15, 0.2) is 11.6 Å². The van der Waals surface area contributed by atoms with Gasteiger partial charge in [-0.2, -0.15) is 0 Å². The summed E-state index contributed by atoms with van der Waals surface area (Å²) in [5.74, 6) is 2.70. The Morgan fingerprint density at radius 1 is 1.12 bits per heavy atom. The molecule has 134 valence electrons. The van der Waals surface area contributed by atoms with Gasteiger partial charge < -0.3 is 10.2 Å². The van der Waals surface area contributed by atoms with Crippen LogP contribution in [0.4, 0.5) is 0 Å². The Labute approximate surface area is 145 Å². The highest BCUT2D eigenvalue weighted by Gasteiger charge is 2.59. The van der Waals surface area contributed by atoms with Crippen molar-refractivity contribution in [3.8, 4) is 0 Å². The van der Waals surface area contributed by atoms with Gasteiger partial charge in [0.15, 0.2) is 5.78 Å². The van der Waals surface area contributed by atoms with Crippen molar-refractivity contribution in [2.45, 2.75) is 77.9 Å². The van der Waals surface area contributed by atoms with E-state index in [0.29, 0.717) is 23.7 Å². The molecule has 0 amide bonds. The minimum atomic E-state index is -0.562. The maximum absolute atomic E-state index is 12.1. The Kier molecular flexibility index (Phi) is 3.78. The summed E-state index contributed by atoms with van der Waals surface area (Å²) in [6, 6.07) is 0. The van der Waals surface area contributed by atoms with Crippen LogP contribution in [0, 0.1) is 34.5 Å². The van der Waals surface area contributed by atoms with E-state index in [1.807, 2.05) is 0 Å². The van der Waals surface area contributed by atoms with Gasteiger partial charge in [-0.25, -0.2) is 0 Å². The number of Topliss-reactive ketones (excluding diaryl/α,β-unsaturated/α-hetero) is 1. The first kappa shape index (κ1) is 16.8. The van der Waals surface area contributed by atoms with Gasteiger partial charge in [-0.1, -0.05) is 19.9 Å². The normalized spacial score (nSPS) is 53.6. The fraction of sp³-hybridized carbons (Fsp3) is 0.857. The van der Waals surface area contributed by atoms with Crippen LogP contribution in [-0.2, 0) is 4.79 Å². The van der Waals surface area contributed by atoms with Crippen LogP contribution in [0.1, 0.15) is 65.7 Å². The number of fused-ring (bicyclic) bond motifs is 5. The SMILES string of the molecule is CC(=O)C1=CC[C@H]2[C@@H]3CC[C@H]4C[C@@H](O)[C@H](O)C[C@]4(C)[C@H]3CC[C@]12C. The van der Waals surface area contributed by atoms with Gasteiger partial charge in [-0.3, -0.25) is 4.79 Å². The van der Waals surface area contributed by atoms with E-state index in [0.717, 1.165) is 37.7 Å². The van der Waals surface area contributed by atoms with Crippen molar-refractivity contribution in [3.05, 3.63) is 11.6 Å². The van der Waals surface area contributed by atoms with Crippen LogP contribution in [-0.4, -0.2) is 28.2 Å². The highest BCUT2D eigenvalue weighted by Crippen LogP contribution is 2.66. The fourth-order valence-corrected chi connectivity index (χ4v) is 7.39. The molecule has 24 heavy (non-hydrogen) atoms. The molecule has 0 aromatic rings. The van der Waals surface area contributed by atoms with Crippen LogP contribution in [0.5, 0.6) is 0 Å². The monoisotopic (exact) mass is 332 g/mol. The molecule has 2 N–H and O–H groups in total. The molecule has 8 atom stereocenters. The van der Waals surface area contributed by atoms with E-state index >= 15 is 0 Å². The second-order valence-corrected chi connectivity index (χ2v) is 9.60. The summed E-state index contributed by atoms with van der Waals surface area (Å²) in [5, 5.41) is 20.4. The minimum absolute atomic E-state index is 0.0724. The van der Waals surface area contributed by atoms with Gasteiger partial charge in [-0.05, 0) is 91.9 Å². The molecule has 3 heteroatoms. The Balaban J connectivity index is 1.63. The number of aliphatic hydroxyl groups excluding tert-OH is 2. The maximum Gasteiger partial charge on any atom is 0.156 e. The van der Waals surface area contributed by atoms with Gasteiger partial charge in [0.2, 0.25) is 0 Å². The molecule has 0 aliphatic heterocycles. The number of ketones is 1. The molecule has 0 aromatic heterocycles. The smallest absolute Gasteiger partial charge is 0.156 e. The van der Waals surface area contributed by atoms with E-state index in [9.17, 15) is 15.0 Å². The Morgan fingerprint density at radius 3 is 2.58 bits per heavy atom. The second-order valence-electron chi connectivity index (χ2n) is 9.60. The van der Waals surface area contributed by atoms with Crippen molar-refractivity contribution in [1.29, 1.82) is 0 Å². The van der Waals surface area contributed by atoms with Crippen LogP contribution in [0.3, 0.4) is 0 Å². The van der Waals surface area contributed by atoms with Gasteiger partial charge in [0.05, 0.1) is 12.2 Å². The highest BCUT2D eigenvalue weighted by atomic mass is 16.3. The Hall–Kier alpha value is -0.670. The summed E-state index contributed by atoms with van der Waals surface area (Å²) in [7, 11) is 0. The quantitative estimate of drug-likeness (QED) is 0.773. The molecule has 0 radical (unpaired) electrons. The standard InChI is InChI=1S/C21H32O3/c1-12(22)15-6-7-16-14-5-4-13-10-18(23)19(24)11-21(13,3)17(14)8-9-20(15,16)2/h6,13-14,16-19,23-24H,4-5,7-11H2,1-3H3/t13-,14-,16-,17-,18+,19+,20+,21-/m0/s1. The lowest BCUT2D eigenvalue weighted by Gasteiger charge is -2.61. The van der Waals surface area contributed by atoms with Crippen LogP contribution in [0.25, 0.3) is 0 Å². The zero-order valence-corrected chi connectivity index (χ0v) is 15.3. The number of hydrogen-bond acceptors (Lipinski definition) is 3. The number of aliphatic hydroxyl groups is 2. The number of rotatable bonds is 1. The highest BCUT2D eigenvalue weighted by molar-refractivity contribution is 5.95. The summed E-state index contributed by atoms with van der Waals surface area (Å²) < 4.78 is 0. The van der Waals surface area contributed by atoms with Crippen molar-refractivity contribution in [2.75, 3.05) is 0 Å². The predicted molar refractivity (Wildman–Crippen MR) is 93.3 cm³/mol. The van der Waals surface area contributed by atoms with Crippen molar-refractivity contribution in [1.82, 2.24) is 0 Å². The minimum Gasteiger partial charge on any atom is -0.390 e. The fourth-order valence-electron chi connectivity index (χ4n) is 7.39. The third kappa shape index (κ3) is 2.13. The molecule has 0 heterocycles. The summed E-state index contributed by atoms with van der Waals surface area (Å²) in [5.41, 5.74) is 1.31. The average molecular weight is 332 g/mol. The Bertz CT molecular complexity index is 582. The largest absolute Gasteiger partial charge is 0.390 e. The summed E-state index contributed by atoms with van der Waals surface area (Å²) in [6.45, 7) is 6.42. The molecule has 3 fully saturated rings. The van der Waals surface area contributed by atoms with Crippen molar-refractivity contribution in [2.24, 2.45) is 34.5 Å². The lowest BCUT2D eigenvalue weighted by atomic mass is 9.44. The molecule has 0 unspecified atom stereocenters. The van der Waals surface area contributed by atoms with Crippen molar-refractivity contribution >= 4 is 5.78 Å². The first-order chi connectivity index (χ1) is 11.3. The number of hydrogen-bond donors (Lipinski definition) is 2. The van der Waals surface area contributed by atoms with Gasteiger partial charge >= 0.3 is 0 Å². The van der Waals surface area contributed by atoms with E-state index in [1.165, 1.54) is 12.8 Å². The van der Waals surface area contributed by atoms with Crippen LogP contribution in [0.2, 0.25) is 0 Å². The summed E-state index contributed by atoms with van der Waals surface area (Å²) >= 11 is 0. The summed E-state index contributed by atoms with van der Waals surface area (Å²) in [4.78, 5) is 12.1. The Morgan fingerprint density at radius 2 is 1.88 bits per heavy atom. The van der Waals surface area contributed by atoms with Gasteiger partial charge in [0, 0.05) is 0 Å². The summed E-state index contributed by atoms with van der Waals surface area (Å²) in [6.07, 6.45) is 8.36. The molecule has 3 saturated carbocycles. The molecule has 0 aromatic carbocycles. The molecule has 0 spiro atoms. The van der Waals surface area contributed by atoms with Crippen LogP contribution < -0.4 is 0 Å². The average Bonchev–Trinajstić information content (AvgIpc) is 2.86. The third-order valence-electron chi connectivity index (χ3n) is 8.64. The topological polar surface area (TPSA) is 57.5 Å². The number of allylic oxidation sites excluding steroid dienone is 2. The number of carbonyl (C=O) groups is 1. The van der Waals surface area contributed by atoms with E-state index in [4.69, 9.17) is 0 Å². The third-order valence-corrected chi connectivity index (χ3v) is 8.64. The molecule has 4 aliphatic carbocycles. The van der Waals surface area contributed by atoms with Crippen molar-refractivity contribution in [3.63, 3.8) is 0 Å². The first-order valence-corrected chi connectivity index (χ1v) is 9.85. The molecule has 0 bridgehead atoms. The van der Waals surface area contributed by atoms with E-state index in [1.54, 1.807) is 6.92 Å².